The molecule has 4 rings (SSSR count). The number of hydrogen-bond acceptors (Lipinski definition) is 5. The van der Waals surface area contributed by atoms with E-state index in [1.165, 1.54) is 4.52 Å². The summed E-state index contributed by atoms with van der Waals surface area (Å²) in [4.78, 5) is 19.0. The molecule has 2 N–H and O–H groups in total. The molecule has 0 radical (unpaired) electrons. The predicted molar refractivity (Wildman–Crippen MR) is 84.2 cm³/mol. The van der Waals surface area contributed by atoms with E-state index in [1.54, 1.807) is 0 Å². The van der Waals surface area contributed by atoms with Crippen LogP contribution in [0.2, 0.25) is 0 Å². The lowest BCUT2D eigenvalue weighted by Gasteiger charge is -2.28. The van der Waals surface area contributed by atoms with Crippen LogP contribution >= 0.6 is 0 Å². The molecule has 2 atom stereocenters. The maximum Gasteiger partial charge on any atom is 0.277 e. The Kier molecular flexibility index (Phi) is 3.71. The Bertz CT molecular complexity index is 775. The van der Waals surface area contributed by atoms with Crippen molar-refractivity contribution >= 4 is 5.65 Å². The lowest BCUT2D eigenvalue weighted by Crippen LogP contribution is -2.35. The maximum absolute atomic E-state index is 12.7. The van der Waals surface area contributed by atoms with Crippen molar-refractivity contribution in [2.45, 2.75) is 51.5 Å². The van der Waals surface area contributed by atoms with Crippen LogP contribution in [0.3, 0.4) is 0 Å². The van der Waals surface area contributed by atoms with Gasteiger partial charge in [-0.15, -0.1) is 0 Å². The SMILES string of the molecule is CCc1cc2nc3c(c(=O)n2[nH]1)CN(CC1CCCCO1)C3O. The summed E-state index contributed by atoms with van der Waals surface area (Å²) in [6, 6.07) is 1.86. The lowest BCUT2D eigenvalue weighted by molar-refractivity contribution is -0.0536. The fraction of sp³-hybridized carbons (Fsp3) is 0.625. The minimum absolute atomic E-state index is 0.115. The topological polar surface area (TPSA) is 82.9 Å². The molecule has 0 saturated carbocycles. The van der Waals surface area contributed by atoms with Crippen molar-refractivity contribution in [1.82, 2.24) is 19.5 Å². The number of aromatic nitrogens is 3. The van der Waals surface area contributed by atoms with Crippen molar-refractivity contribution in [3.63, 3.8) is 0 Å². The van der Waals surface area contributed by atoms with E-state index in [-0.39, 0.29) is 11.7 Å². The molecule has 124 valence electrons. The van der Waals surface area contributed by atoms with Gasteiger partial charge in [0, 0.05) is 31.5 Å². The zero-order valence-corrected chi connectivity index (χ0v) is 13.3. The number of nitrogens with zero attached hydrogens (tertiary/aromatic N) is 3. The summed E-state index contributed by atoms with van der Waals surface area (Å²) < 4.78 is 7.22. The fourth-order valence-electron chi connectivity index (χ4n) is 3.51. The number of aliphatic hydroxyl groups is 1. The molecular weight excluding hydrogens is 296 g/mol. The third-order valence-corrected chi connectivity index (χ3v) is 4.84. The van der Waals surface area contributed by atoms with E-state index in [2.05, 4.69) is 10.1 Å². The number of aliphatic hydroxyl groups excluding tert-OH is 1. The van der Waals surface area contributed by atoms with Gasteiger partial charge in [0.2, 0.25) is 0 Å². The molecule has 4 heterocycles. The summed E-state index contributed by atoms with van der Waals surface area (Å²) in [5.41, 5.74) is 2.49. The van der Waals surface area contributed by atoms with Crippen LogP contribution in [0, 0.1) is 0 Å². The minimum atomic E-state index is -0.826. The Morgan fingerprint density at radius 3 is 3.09 bits per heavy atom. The Hall–Kier alpha value is -1.70. The molecule has 2 aromatic heterocycles. The van der Waals surface area contributed by atoms with Crippen molar-refractivity contribution in [1.29, 1.82) is 0 Å². The molecule has 2 unspecified atom stereocenters. The van der Waals surface area contributed by atoms with Crippen LogP contribution in [-0.4, -0.2) is 43.9 Å². The summed E-state index contributed by atoms with van der Waals surface area (Å²) >= 11 is 0. The van der Waals surface area contributed by atoms with Gasteiger partial charge in [0.15, 0.2) is 11.9 Å². The van der Waals surface area contributed by atoms with E-state index < -0.39 is 6.23 Å². The zero-order valence-electron chi connectivity index (χ0n) is 13.3. The van der Waals surface area contributed by atoms with Gasteiger partial charge in [-0.1, -0.05) is 6.92 Å². The minimum Gasteiger partial charge on any atom is -0.377 e. The number of H-pyrrole nitrogens is 1. The van der Waals surface area contributed by atoms with E-state index in [1.807, 2.05) is 17.9 Å². The van der Waals surface area contributed by atoms with Gasteiger partial charge in [0.05, 0.1) is 17.4 Å². The molecule has 1 fully saturated rings. The predicted octanol–water partition coefficient (Wildman–Crippen LogP) is 0.961. The van der Waals surface area contributed by atoms with Gasteiger partial charge in [-0.05, 0) is 25.7 Å². The Labute approximate surface area is 133 Å². The number of fused-ring (bicyclic) bond motifs is 2. The third kappa shape index (κ3) is 2.49. The van der Waals surface area contributed by atoms with Crippen LogP contribution in [0.25, 0.3) is 5.65 Å². The largest absolute Gasteiger partial charge is 0.377 e. The highest BCUT2D eigenvalue weighted by atomic mass is 16.5. The van der Waals surface area contributed by atoms with Crippen molar-refractivity contribution in [3.8, 4) is 0 Å². The molecule has 7 nitrogen and oxygen atoms in total. The fourth-order valence-corrected chi connectivity index (χ4v) is 3.51. The summed E-state index contributed by atoms with van der Waals surface area (Å²) in [7, 11) is 0. The first-order valence-corrected chi connectivity index (χ1v) is 8.34. The molecule has 7 heteroatoms. The summed E-state index contributed by atoms with van der Waals surface area (Å²) in [6.07, 6.45) is 3.38. The van der Waals surface area contributed by atoms with Gasteiger partial charge >= 0.3 is 0 Å². The van der Waals surface area contributed by atoms with Crippen LogP contribution in [0.4, 0.5) is 0 Å². The summed E-state index contributed by atoms with van der Waals surface area (Å²) in [5.74, 6) is 0. The van der Waals surface area contributed by atoms with Crippen molar-refractivity contribution < 1.29 is 9.84 Å². The number of ether oxygens (including phenoxy) is 1. The quantitative estimate of drug-likeness (QED) is 0.881. The number of hydrogen-bond donors (Lipinski definition) is 2. The van der Waals surface area contributed by atoms with Crippen molar-refractivity contribution in [2.24, 2.45) is 0 Å². The Morgan fingerprint density at radius 2 is 2.35 bits per heavy atom. The number of nitrogens with one attached hydrogen (secondary N) is 1. The molecule has 0 amide bonds. The molecule has 0 aromatic carbocycles. The number of aryl methyl sites for hydroxylation is 1. The zero-order chi connectivity index (χ0) is 16.0. The third-order valence-electron chi connectivity index (χ3n) is 4.84. The van der Waals surface area contributed by atoms with Gasteiger partial charge in [-0.2, -0.15) is 0 Å². The van der Waals surface area contributed by atoms with Crippen LogP contribution < -0.4 is 5.56 Å². The molecule has 0 spiro atoms. The molecule has 1 saturated heterocycles. The highest BCUT2D eigenvalue weighted by Crippen LogP contribution is 2.29. The average Bonchev–Trinajstić information content (AvgIpc) is 3.12. The van der Waals surface area contributed by atoms with E-state index in [4.69, 9.17) is 4.74 Å². The van der Waals surface area contributed by atoms with Gasteiger partial charge in [-0.25, -0.2) is 9.50 Å². The standard InChI is InChI=1S/C16H22N4O3/c1-2-10-7-13-17-14-12(15(21)20(13)18-10)9-19(16(14)22)8-11-5-3-4-6-23-11/h7,11,16,18,22H,2-6,8-9H2,1H3. The first-order chi connectivity index (χ1) is 11.2. The van der Waals surface area contributed by atoms with Crippen LogP contribution in [0.1, 0.15) is 49.4 Å². The second-order valence-corrected chi connectivity index (χ2v) is 6.40. The first-order valence-electron chi connectivity index (χ1n) is 8.34. The van der Waals surface area contributed by atoms with Gasteiger partial charge in [0.25, 0.3) is 5.56 Å². The van der Waals surface area contributed by atoms with Crippen LogP contribution in [0.15, 0.2) is 10.9 Å². The second kappa shape index (κ2) is 5.74. The van der Waals surface area contributed by atoms with Crippen LogP contribution in [0.5, 0.6) is 0 Å². The summed E-state index contributed by atoms with van der Waals surface area (Å²) in [5, 5.41) is 13.6. The van der Waals surface area contributed by atoms with E-state index >= 15 is 0 Å². The van der Waals surface area contributed by atoms with E-state index in [9.17, 15) is 9.90 Å². The van der Waals surface area contributed by atoms with Crippen molar-refractivity contribution in [3.05, 3.63) is 33.4 Å². The molecular formula is C16H22N4O3. The monoisotopic (exact) mass is 318 g/mol. The van der Waals surface area contributed by atoms with E-state index in [0.717, 1.165) is 38.0 Å². The Balaban J connectivity index is 1.64. The number of aromatic amines is 1. The lowest BCUT2D eigenvalue weighted by atomic mass is 10.1. The highest BCUT2D eigenvalue weighted by Gasteiger charge is 2.35. The molecule has 2 aromatic rings. The van der Waals surface area contributed by atoms with Crippen molar-refractivity contribution in [2.75, 3.05) is 13.2 Å². The van der Waals surface area contributed by atoms with Gasteiger partial charge in [0.1, 0.15) is 0 Å². The molecule has 23 heavy (non-hydrogen) atoms. The van der Waals surface area contributed by atoms with E-state index in [0.29, 0.717) is 30.0 Å². The molecule has 0 bridgehead atoms. The van der Waals surface area contributed by atoms with Gasteiger partial charge < -0.3 is 9.84 Å². The first kappa shape index (κ1) is 14.9. The molecule has 2 aliphatic heterocycles. The highest BCUT2D eigenvalue weighted by molar-refractivity contribution is 5.43. The second-order valence-electron chi connectivity index (χ2n) is 6.40. The number of rotatable bonds is 3. The molecule has 2 aliphatic rings. The average molecular weight is 318 g/mol. The maximum atomic E-state index is 12.7. The molecule has 0 aliphatic carbocycles. The van der Waals surface area contributed by atoms with Crippen LogP contribution in [-0.2, 0) is 17.7 Å². The van der Waals surface area contributed by atoms with Gasteiger partial charge in [-0.3, -0.25) is 14.8 Å². The smallest absolute Gasteiger partial charge is 0.277 e. The Morgan fingerprint density at radius 1 is 1.48 bits per heavy atom. The summed E-state index contributed by atoms with van der Waals surface area (Å²) in [6.45, 7) is 3.86. The normalized spacial score (nSPS) is 25.1.